The molecular weight excluding hydrogens is 396 g/mol. The average Bonchev–Trinajstić information content (AvgIpc) is 3.00. The first-order chi connectivity index (χ1) is 10.6. The van der Waals surface area contributed by atoms with Gasteiger partial charge in [-0.05, 0) is 59.0 Å². The van der Waals surface area contributed by atoms with Gasteiger partial charge in [-0.25, -0.2) is 4.39 Å². The SMILES string of the molecule is O=C(Nc1ccccc1I)c1ccc(-c2ccccc2F)o1. The predicted octanol–water partition coefficient (Wildman–Crippen LogP) is 4.94. The number of halogens is 2. The number of para-hydroxylation sites is 1. The molecule has 0 spiro atoms. The summed E-state index contributed by atoms with van der Waals surface area (Å²) in [6.45, 7) is 0. The van der Waals surface area contributed by atoms with Gasteiger partial charge in [-0.15, -0.1) is 0 Å². The zero-order chi connectivity index (χ0) is 15.5. The highest BCUT2D eigenvalue weighted by atomic mass is 127. The molecule has 3 nitrogen and oxygen atoms in total. The Labute approximate surface area is 140 Å². The molecule has 0 aliphatic carbocycles. The first-order valence-corrected chi connectivity index (χ1v) is 7.63. The van der Waals surface area contributed by atoms with Gasteiger partial charge >= 0.3 is 0 Å². The van der Waals surface area contributed by atoms with E-state index in [1.807, 2.05) is 18.2 Å². The number of nitrogens with one attached hydrogen (secondary N) is 1. The highest BCUT2D eigenvalue weighted by Crippen LogP contribution is 2.25. The third-order valence-electron chi connectivity index (χ3n) is 3.09. The van der Waals surface area contributed by atoms with Crippen LogP contribution < -0.4 is 5.32 Å². The number of carbonyl (C=O) groups excluding carboxylic acids is 1. The number of amides is 1. The Hall–Kier alpha value is -2.15. The quantitative estimate of drug-likeness (QED) is 0.625. The Kier molecular flexibility index (Phi) is 4.24. The monoisotopic (exact) mass is 407 g/mol. The summed E-state index contributed by atoms with van der Waals surface area (Å²) in [6, 6.07) is 16.8. The normalized spacial score (nSPS) is 10.5. The Morgan fingerprint density at radius 3 is 2.50 bits per heavy atom. The fourth-order valence-corrected chi connectivity index (χ4v) is 2.53. The summed E-state index contributed by atoms with van der Waals surface area (Å²) in [6.07, 6.45) is 0. The summed E-state index contributed by atoms with van der Waals surface area (Å²) < 4.78 is 20.1. The lowest BCUT2D eigenvalue weighted by atomic mass is 10.1. The van der Waals surface area contributed by atoms with Crippen LogP contribution in [0, 0.1) is 9.39 Å². The van der Waals surface area contributed by atoms with Gasteiger partial charge in [-0.2, -0.15) is 0 Å². The van der Waals surface area contributed by atoms with Crippen LogP contribution in [0.1, 0.15) is 10.6 Å². The van der Waals surface area contributed by atoms with Gasteiger partial charge in [-0.3, -0.25) is 4.79 Å². The lowest BCUT2D eigenvalue weighted by Gasteiger charge is -2.05. The van der Waals surface area contributed by atoms with E-state index in [-0.39, 0.29) is 17.5 Å². The van der Waals surface area contributed by atoms with E-state index in [1.165, 1.54) is 12.1 Å². The number of rotatable bonds is 3. The molecule has 0 radical (unpaired) electrons. The molecule has 0 atom stereocenters. The fraction of sp³-hybridized carbons (Fsp3) is 0. The second-order valence-corrected chi connectivity index (χ2v) is 5.74. The van der Waals surface area contributed by atoms with E-state index >= 15 is 0 Å². The highest BCUT2D eigenvalue weighted by Gasteiger charge is 2.15. The van der Waals surface area contributed by atoms with E-state index in [0.29, 0.717) is 17.0 Å². The van der Waals surface area contributed by atoms with Gasteiger partial charge in [0.15, 0.2) is 5.76 Å². The largest absolute Gasteiger partial charge is 0.451 e. The van der Waals surface area contributed by atoms with Gasteiger partial charge < -0.3 is 9.73 Å². The third-order valence-corrected chi connectivity index (χ3v) is 4.03. The molecule has 1 aromatic heterocycles. The van der Waals surface area contributed by atoms with Gasteiger partial charge in [0.1, 0.15) is 11.6 Å². The topological polar surface area (TPSA) is 42.2 Å². The molecule has 110 valence electrons. The summed E-state index contributed by atoms with van der Waals surface area (Å²) in [4.78, 5) is 12.2. The van der Waals surface area contributed by atoms with Crippen molar-refractivity contribution >= 4 is 34.2 Å². The predicted molar refractivity (Wildman–Crippen MR) is 91.2 cm³/mol. The van der Waals surface area contributed by atoms with Crippen molar-refractivity contribution in [1.82, 2.24) is 0 Å². The van der Waals surface area contributed by atoms with Crippen LogP contribution in [0.4, 0.5) is 10.1 Å². The van der Waals surface area contributed by atoms with E-state index in [2.05, 4.69) is 27.9 Å². The van der Waals surface area contributed by atoms with Crippen LogP contribution in [-0.2, 0) is 0 Å². The van der Waals surface area contributed by atoms with Crippen LogP contribution >= 0.6 is 22.6 Å². The van der Waals surface area contributed by atoms with E-state index in [0.717, 1.165) is 3.57 Å². The van der Waals surface area contributed by atoms with Crippen LogP contribution in [0.15, 0.2) is 65.1 Å². The minimum Gasteiger partial charge on any atom is -0.451 e. The van der Waals surface area contributed by atoms with Crippen LogP contribution in [0.5, 0.6) is 0 Å². The second kappa shape index (κ2) is 6.31. The Balaban J connectivity index is 1.84. The standard InChI is InChI=1S/C17H11FINO2/c18-12-6-2-1-5-11(12)15-9-10-16(22-15)17(21)20-14-8-4-3-7-13(14)19/h1-10H,(H,20,21). The molecule has 0 fully saturated rings. The molecule has 0 unspecified atom stereocenters. The molecule has 5 heteroatoms. The van der Waals surface area contributed by atoms with Gasteiger partial charge in [0.25, 0.3) is 5.91 Å². The van der Waals surface area contributed by atoms with Gasteiger partial charge in [-0.1, -0.05) is 24.3 Å². The number of benzene rings is 2. The third kappa shape index (κ3) is 3.04. The molecule has 3 aromatic rings. The lowest BCUT2D eigenvalue weighted by molar-refractivity contribution is 0.0997. The van der Waals surface area contributed by atoms with E-state index < -0.39 is 0 Å². The molecule has 0 aliphatic rings. The smallest absolute Gasteiger partial charge is 0.291 e. The molecule has 1 amide bonds. The first-order valence-electron chi connectivity index (χ1n) is 6.56. The summed E-state index contributed by atoms with van der Waals surface area (Å²) in [7, 11) is 0. The Morgan fingerprint density at radius 2 is 1.73 bits per heavy atom. The number of furan rings is 1. The number of carbonyl (C=O) groups is 1. The summed E-state index contributed by atoms with van der Waals surface area (Å²) in [5, 5.41) is 2.77. The molecule has 0 aliphatic heterocycles. The zero-order valence-corrected chi connectivity index (χ0v) is 13.5. The molecule has 0 saturated carbocycles. The van der Waals surface area contributed by atoms with Crippen LogP contribution in [0.3, 0.4) is 0 Å². The maximum absolute atomic E-state index is 13.7. The Bertz CT molecular complexity index is 829. The fourth-order valence-electron chi connectivity index (χ4n) is 2.01. The van der Waals surface area contributed by atoms with Crippen LogP contribution in [0.25, 0.3) is 11.3 Å². The molecular formula is C17H11FINO2. The second-order valence-electron chi connectivity index (χ2n) is 4.58. The van der Waals surface area contributed by atoms with Crippen molar-refractivity contribution in [3.05, 3.63) is 75.8 Å². The Morgan fingerprint density at radius 1 is 1.00 bits per heavy atom. The van der Waals surface area contributed by atoms with Crippen LogP contribution in [0.2, 0.25) is 0 Å². The lowest BCUT2D eigenvalue weighted by Crippen LogP contribution is -2.11. The molecule has 2 aromatic carbocycles. The molecule has 3 rings (SSSR count). The first kappa shape index (κ1) is 14.8. The van der Waals surface area contributed by atoms with E-state index in [1.54, 1.807) is 30.3 Å². The van der Waals surface area contributed by atoms with Crippen molar-refractivity contribution in [2.75, 3.05) is 5.32 Å². The highest BCUT2D eigenvalue weighted by molar-refractivity contribution is 14.1. The molecule has 0 bridgehead atoms. The number of hydrogen-bond acceptors (Lipinski definition) is 2. The van der Waals surface area contributed by atoms with Gasteiger partial charge in [0.05, 0.1) is 11.3 Å². The van der Waals surface area contributed by atoms with Crippen LogP contribution in [-0.4, -0.2) is 5.91 Å². The number of hydrogen-bond donors (Lipinski definition) is 1. The van der Waals surface area contributed by atoms with Gasteiger partial charge in [0, 0.05) is 3.57 Å². The summed E-state index contributed by atoms with van der Waals surface area (Å²) in [5.74, 6) is -0.294. The maximum atomic E-state index is 13.7. The summed E-state index contributed by atoms with van der Waals surface area (Å²) >= 11 is 2.14. The van der Waals surface area contributed by atoms with E-state index in [9.17, 15) is 9.18 Å². The molecule has 1 N–H and O–H groups in total. The van der Waals surface area contributed by atoms with Crippen molar-refractivity contribution < 1.29 is 13.6 Å². The minimum atomic E-state index is -0.388. The molecule has 22 heavy (non-hydrogen) atoms. The average molecular weight is 407 g/mol. The van der Waals surface area contributed by atoms with Crippen molar-refractivity contribution in [2.45, 2.75) is 0 Å². The van der Waals surface area contributed by atoms with Crippen molar-refractivity contribution in [3.63, 3.8) is 0 Å². The van der Waals surface area contributed by atoms with E-state index in [4.69, 9.17) is 4.42 Å². The molecule has 1 heterocycles. The zero-order valence-electron chi connectivity index (χ0n) is 11.3. The summed E-state index contributed by atoms with van der Waals surface area (Å²) in [5.41, 5.74) is 1.03. The number of anilines is 1. The maximum Gasteiger partial charge on any atom is 0.291 e. The van der Waals surface area contributed by atoms with Crippen molar-refractivity contribution in [3.8, 4) is 11.3 Å². The minimum absolute atomic E-state index is 0.137. The van der Waals surface area contributed by atoms with Gasteiger partial charge in [0.2, 0.25) is 0 Å². The van der Waals surface area contributed by atoms with Crippen molar-refractivity contribution in [1.29, 1.82) is 0 Å². The van der Waals surface area contributed by atoms with Crippen molar-refractivity contribution in [2.24, 2.45) is 0 Å². The molecule has 0 saturated heterocycles.